The standard InChI is InChI=1S/C15H14FNO3S/c1-9-6-7-21-14(9)15(20)17-12(8-13(18)19)10-2-4-11(16)5-3-10/h2-7,12H,8H2,1H3,(H,17,20)(H,18,19). The van der Waals surface area contributed by atoms with Gasteiger partial charge in [-0.25, -0.2) is 4.39 Å². The summed E-state index contributed by atoms with van der Waals surface area (Å²) >= 11 is 1.30. The maximum atomic E-state index is 12.9. The maximum Gasteiger partial charge on any atom is 0.305 e. The first-order valence-electron chi connectivity index (χ1n) is 6.29. The van der Waals surface area contributed by atoms with Gasteiger partial charge in [-0.1, -0.05) is 12.1 Å². The number of hydrogen-bond acceptors (Lipinski definition) is 3. The maximum absolute atomic E-state index is 12.9. The van der Waals surface area contributed by atoms with E-state index in [-0.39, 0.29) is 12.3 Å². The quantitative estimate of drug-likeness (QED) is 0.892. The number of carboxylic acid groups (broad SMARTS) is 1. The summed E-state index contributed by atoms with van der Waals surface area (Å²) < 4.78 is 12.9. The summed E-state index contributed by atoms with van der Waals surface area (Å²) in [5.74, 6) is -1.76. The molecule has 1 atom stereocenters. The summed E-state index contributed by atoms with van der Waals surface area (Å²) in [6.07, 6.45) is -0.262. The number of carboxylic acids is 1. The highest BCUT2D eigenvalue weighted by atomic mass is 32.1. The first-order valence-corrected chi connectivity index (χ1v) is 7.17. The Bertz CT molecular complexity index is 651. The molecule has 6 heteroatoms. The van der Waals surface area contributed by atoms with Crippen molar-refractivity contribution in [1.82, 2.24) is 5.32 Å². The van der Waals surface area contributed by atoms with E-state index < -0.39 is 17.8 Å². The first-order chi connectivity index (χ1) is 9.97. The SMILES string of the molecule is Cc1ccsc1C(=O)NC(CC(=O)O)c1ccc(F)cc1. The van der Waals surface area contributed by atoms with Crippen LogP contribution in [0.15, 0.2) is 35.7 Å². The van der Waals surface area contributed by atoms with Crippen molar-refractivity contribution in [3.8, 4) is 0 Å². The van der Waals surface area contributed by atoms with E-state index in [1.807, 2.05) is 13.0 Å². The van der Waals surface area contributed by atoms with Crippen LogP contribution in [0.1, 0.15) is 33.3 Å². The van der Waals surface area contributed by atoms with Crippen molar-refractivity contribution < 1.29 is 19.1 Å². The van der Waals surface area contributed by atoms with Gasteiger partial charge < -0.3 is 10.4 Å². The van der Waals surface area contributed by atoms with E-state index in [0.29, 0.717) is 10.4 Å². The predicted octanol–water partition coefficient (Wildman–Crippen LogP) is 3.14. The van der Waals surface area contributed by atoms with Crippen LogP contribution < -0.4 is 5.32 Å². The molecule has 0 radical (unpaired) electrons. The fraction of sp³-hybridized carbons (Fsp3) is 0.200. The van der Waals surface area contributed by atoms with Crippen LogP contribution in [0.4, 0.5) is 4.39 Å². The molecule has 21 heavy (non-hydrogen) atoms. The lowest BCUT2D eigenvalue weighted by Crippen LogP contribution is -2.30. The molecule has 0 aliphatic heterocycles. The number of aliphatic carboxylic acids is 1. The van der Waals surface area contributed by atoms with Crippen molar-refractivity contribution in [3.05, 3.63) is 57.5 Å². The average molecular weight is 307 g/mol. The lowest BCUT2D eigenvalue weighted by Gasteiger charge is -2.17. The summed E-state index contributed by atoms with van der Waals surface area (Å²) in [5.41, 5.74) is 1.40. The van der Waals surface area contributed by atoms with Crippen LogP contribution in [0.3, 0.4) is 0 Å². The van der Waals surface area contributed by atoms with Crippen molar-refractivity contribution in [2.75, 3.05) is 0 Å². The van der Waals surface area contributed by atoms with Gasteiger partial charge in [-0.05, 0) is 41.6 Å². The average Bonchev–Trinajstić information content (AvgIpc) is 2.84. The van der Waals surface area contributed by atoms with Gasteiger partial charge in [0.15, 0.2) is 0 Å². The van der Waals surface area contributed by atoms with Gasteiger partial charge in [-0.15, -0.1) is 11.3 Å². The minimum atomic E-state index is -1.03. The van der Waals surface area contributed by atoms with Gasteiger partial charge in [-0.3, -0.25) is 9.59 Å². The number of nitrogens with one attached hydrogen (secondary N) is 1. The second-order valence-corrected chi connectivity index (χ2v) is 5.52. The predicted molar refractivity (Wildman–Crippen MR) is 77.9 cm³/mol. The van der Waals surface area contributed by atoms with Gasteiger partial charge in [0.05, 0.1) is 17.3 Å². The monoisotopic (exact) mass is 307 g/mol. The molecule has 0 fully saturated rings. The zero-order chi connectivity index (χ0) is 15.4. The summed E-state index contributed by atoms with van der Waals surface area (Å²) in [5, 5.41) is 13.5. The second-order valence-electron chi connectivity index (χ2n) is 4.61. The lowest BCUT2D eigenvalue weighted by atomic mass is 10.0. The van der Waals surface area contributed by atoms with Gasteiger partial charge in [0.2, 0.25) is 0 Å². The van der Waals surface area contributed by atoms with Gasteiger partial charge in [0.1, 0.15) is 5.82 Å². The normalized spacial score (nSPS) is 11.9. The molecule has 1 aromatic heterocycles. The molecule has 2 N–H and O–H groups in total. The van der Waals surface area contributed by atoms with E-state index in [9.17, 15) is 14.0 Å². The molecular weight excluding hydrogens is 293 g/mol. The molecule has 1 unspecified atom stereocenters. The van der Waals surface area contributed by atoms with Crippen molar-refractivity contribution in [2.45, 2.75) is 19.4 Å². The highest BCUT2D eigenvalue weighted by molar-refractivity contribution is 7.12. The highest BCUT2D eigenvalue weighted by Crippen LogP contribution is 2.21. The number of benzene rings is 1. The molecule has 0 aliphatic rings. The minimum absolute atomic E-state index is 0.262. The number of carbonyl (C=O) groups is 2. The number of thiophene rings is 1. The van der Waals surface area contributed by atoms with E-state index in [1.54, 1.807) is 5.38 Å². The summed E-state index contributed by atoms with van der Waals surface area (Å²) in [4.78, 5) is 23.7. The molecule has 0 aliphatic carbocycles. The first kappa shape index (κ1) is 15.2. The van der Waals surface area contributed by atoms with Crippen LogP contribution in [-0.2, 0) is 4.79 Å². The molecule has 2 aromatic rings. The summed E-state index contributed by atoms with van der Waals surface area (Å²) in [7, 11) is 0. The zero-order valence-electron chi connectivity index (χ0n) is 11.3. The van der Waals surface area contributed by atoms with Crippen LogP contribution >= 0.6 is 11.3 Å². The third kappa shape index (κ3) is 3.88. The number of carbonyl (C=O) groups excluding carboxylic acids is 1. The Morgan fingerprint density at radius 1 is 1.29 bits per heavy atom. The van der Waals surface area contributed by atoms with Gasteiger partial charge in [-0.2, -0.15) is 0 Å². The Hall–Kier alpha value is -2.21. The van der Waals surface area contributed by atoms with E-state index in [1.165, 1.54) is 35.6 Å². The van der Waals surface area contributed by atoms with E-state index in [4.69, 9.17) is 5.11 Å². The summed E-state index contributed by atoms with van der Waals surface area (Å²) in [6, 6.07) is 6.56. The molecular formula is C15H14FNO3S. The molecule has 0 saturated carbocycles. The molecule has 1 aromatic carbocycles. The van der Waals surface area contributed by atoms with Crippen LogP contribution in [0, 0.1) is 12.7 Å². The van der Waals surface area contributed by atoms with Gasteiger partial charge in [0, 0.05) is 0 Å². The van der Waals surface area contributed by atoms with E-state index >= 15 is 0 Å². The van der Waals surface area contributed by atoms with Gasteiger partial charge >= 0.3 is 5.97 Å². The van der Waals surface area contributed by atoms with Crippen molar-refractivity contribution >= 4 is 23.2 Å². The third-order valence-electron chi connectivity index (χ3n) is 3.02. The molecule has 0 spiro atoms. The number of halogens is 1. The zero-order valence-corrected chi connectivity index (χ0v) is 12.1. The van der Waals surface area contributed by atoms with Crippen molar-refractivity contribution in [1.29, 1.82) is 0 Å². The molecule has 4 nitrogen and oxygen atoms in total. The molecule has 2 rings (SSSR count). The molecule has 0 bridgehead atoms. The Kier molecular flexibility index (Phi) is 4.70. The van der Waals surface area contributed by atoms with Gasteiger partial charge in [0.25, 0.3) is 5.91 Å². The van der Waals surface area contributed by atoms with E-state index in [0.717, 1.165) is 5.56 Å². The van der Waals surface area contributed by atoms with Crippen LogP contribution in [0.25, 0.3) is 0 Å². The van der Waals surface area contributed by atoms with Crippen LogP contribution in [-0.4, -0.2) is 17.0 Å². The Morgan fingerprint density at radius 2 is 1.95 bits per heavy atom. The summed E-state index contributed by atoms with van der Waals surface area (Å²) in [6.45, 7) is 1.81. The topological polar surface area (TPSA) is 66.4 Å². The van der Waals surface area contributed by atoms with E-state index in [2.05, 4.69) is 5.32 Å². The number of rotatable bonds is 5. The molecule has 1 amide bonds. The Balaban J connectivity index is 2.20. The number of amides is 1. The molecule has 1 heterocycles. The Morgan fingerprint density at radius 3 is 2.48 bits per heavy atom. The number of hydrogen-bond donors (Lipinski definition) is 2. The van der Waals surface area contributed by atoms with Crippen LogP contribution in [0.2, 0.25) is 0 Å². The van der Waals surface area contributed by atoms with Crippen LogP contribution in [0.5, 0.6) is 0 Å². The highest BCUT2D eigenvalue weighted by Gasteiger charge is 2.20. The molecule has 0 saturated heterocycles. The third-order valence-corrected chi connectivity index (χ3v) is 4.04. The largest absolute Gasteiger partial charge is 0.481 e. The fourth-order valence-corrected chi connectivity index (χ4v) is 2.78. The second kappa shape index (κ2) is 6.49. The molecule has 110 valence electrons. The van der Waals surface area contributed by atoms with Crippen molar-refractivity contribution in [2.24, 2.45) is 0 Å². The lowest BCUT2D eigenvalue weighted by molar-refractivity contribution is -0.137. The number of aryl methyl sites for hydroxylation is 1. The fourth-order valence-electron chi connectivity index (χ4n) is 1.95. The minimum Gasteiger partial charge on any atom is -0.481 e. The smallest absolute Gasteiger partial charge is 0.305 e. The Labute approximate surface area is 125 Å². The van der Waals surface area contributed by atoms with Crippen molar-refractivity contribution in [3.63, 3.8) is 0 Å².